The van der Waals surface area contributed by atoms with Crippen molar-refractivity contribution in [2.75, 3.05) is 14.1 Å². The molecular formula is C40H54N8O6S2. The van der Waals surface area contributed by atoms with Crippen LogP contribution in [0.1, 0.15) is 48.8 Å². The number of amides is 6. The fourth-order valence-corrected chi connectivity index (χ4v) is 7.38. The Morgan fingerprint density at radius 3 is 1.27 bits per heavy atom. The number of carbonyl (C=O) groups excluding carboxylic acids is 4. The third-order valence-corrected chi connectivity index (χ3v) is 10.8. The second-order valence-electron chi connectivity index (χ2n) is 14.5. The lowest BCUT2D eigenvalue weighted by molar-refractivity contribution is -0.129. The zero-order chi connectivity index (χ0) is 40.8. The first kappa shape index (κ1) is 43.8. The summed E-state index contributed by atoms with van der Waals surface area (Å²) in [6.07, 6.45) is 0.418. The number of hydrogen-bond donors (Lipinski definition) is 6. The molecule has 2 heterocycles. The Labute approximate surface area is 336 Å². The van der Waals surface area contributed by atoms with Gasteiger partial charge in [-0.1, -0.05) is 88.4 Å². The maximum Gasteiger partial charge on any atom is 0.318 e. The van der Waals surface area contributed by atoms with E-state index in [0.29, 0.717) is 0 Å². The number of carbonyl (C=O) groups is 4. The fraction of sp³-hybridized carbons (Fsp3) is 0.450. The average Bonchev–Trinajstić information content (AvgIpc) is 3.90. The number of rotatable bonds is 19. The molecule has 4 aromatic rings. The van der Waals surface area contributed by atoms with Crippen molar-refractivity contribution >= 4 is 46.6 Å². The summed E-state index contributed by atoms with van der Waals surface area (Å²) in [7, 11) is 3.23. The molecule has 0 bridgehead atoms. The molecule has 0 radical (unpaired) electrons. The Hall–Kier alpha value is -4.90. The van der Waals surface area contributed by atoms with E-state index in [1.54, 1.807) is 54.2 Å². The Bertz CT molecular complexity index is 1670. The van der Waals surface area contributed by atoms with Crippen LogP contribution in [0, 0.1) is 11.8 Å². The molecule has 0 aliphatic rings. The molecule has 2 aromatic carbocycles. The van der Waals surface area contributed by atoms with Crippen molar-refractivity contribution in [3.63, 3.8) is 0 Å². The van der Waals surface area contributed by atoms with E-state index in [1.165, 1.54) is 32.5 Å². The van der Waals surface area contributed by atoms with Crippen LogP contribution in [0.3, 0.4) is 0 Å². The van der Waals surface area contributed by atoms with Crippen LogP contribution in [0.2, 0.25) is 0 Å². The number of aromatic nitrogens is 2. The molecule has 6 N–H and O–H groups in total. The van der Waals surface area contributed by atoms with Gasteiger partial charge >= 0.3 is 12.1 Å². The van der Waals surface area contributed by atoms with Gasteiger partial charge in [0.05, 0.1) is 25.2 Å². The van der Waals surface area contributed by atoms with Gasteiger partial charge in [-0.3, -0.25) is 9.59 Å². The molecule has 0 aliphatic heterocycles. The highest BCUT2D eigenvalue weighted by Crippen LogP contribution is 2.17. The molecule has 14 nitrogen and oxygen atoms in total. The van der Waals surface area contributed by atoms with Crippen LogP contribution in [-0.4, -0.2) is 104 Å². The summed E-state index contributed by atoms with van der Waals surface area (Å²) in [5, 5.41) is 40.5. The van der Waals surface area contributed by atoms with Gasteiger partial charge < -0.3 is 41.3 Å². The maximum absolute atomic E-state index is 14.0. The number of urea groups is 2. The first-order valence-corrected chi connectivity index (χ1v) is 20.3. The Balaban J connectivity index is 1.56. The van der Waals surface area contributed by atoms with Crippen LogP contribution >= 0.6 is 22.7 Å². The van der Waals surface area contributed by atoms with Crippen LogP contribution in [0.25, 0.3) is 0 Å². The molecule has 4 rings (SSSR count). The molecule has 0 saturated heterocycles. The van der Waals surface area contributed by atoms with Crippen molar-refractivity contribution < 1.29 is 29.4 Å². The Kier molecular flexibility index (Phi) is 16.8. The van der Waals surface area contributed by atoms with Crippen molar-refractivity contribution in [1.29, 1.82) is 0 Å². The van der Waals surface area contributed by atoms with E-state index in [1.807, 2.05) is 71.4 Å². The number of benzene rings is 2. The minimum atomic E-state index is -1.58. The molecule has 0 spiro atoms. The van der Waals surface area contributed by atoms with Crippen molar-refractivity contribution in [3.05, 3.63) is 105 Å². The van der Waals surface area contributed by atoms with Gasteiger partial charge in [0.2, 0.25) is 11.8 Å². The van der Waals surface area contributed by atoms with Crippen LogP contribution in [0.15, 0.2) is 83.8 Å². The number of nitrogens with one attached hydrogen (secondary N) is 4. The molecule has 56 heavy (non-hydrogen) atoms. The standard InChI is InChI=1S/C40H54N8O6S2/c1-25(2)33(45-39(53)47(5)23-31-41-17-19-55-31)37(51)43-29(21-27-13-9-7-10-14-27)35(49)36(50)30(22-28-15-11-8-12-16-28)44-38(52)34(26(3)4)46-40(54)48(6)24-32-42-18-20-56-32/h7-20,25-26,29-30,33-36,49-50H,21-24H2,1-6H3,(H,43,51)(H,44,52)(H,45,53)(H,46,54)/t29-,30-,33?,34?,35+,36+/m0/s1. The minimum Gasteiger partial charge on any atom is -0.388 e. The fourth-order valence-electron chi connectivity index (χ4n) is 6.04. The van der Waals surface area contributed by atoms with Crippen molar-refractivity contribution in [2.45, 2.75) is 90.0 Å². The summed E-state index contributed by atoms with van der Waals surface area (Å²) in [6.45, 7) is 7.72. The van der Waals surface area contributed by atoms with Crippen LogP contribution in [-0.2, 0) is 35.5 Å². The third kappa shape index (κ3) is 13.1. The van der Waals surface area contributed by atoms with E-state index in [4.69, 9.17) is 0 Å². The SMILES string of the molecule is CC(C)C(NC(=O)N(C)Cc1nccs1)C(=O)N[C@@H](Cc1ccccc1)[C@@H](O)[C@H](O)[C@H](Cc1ccccc1)NC(=O)C(NC(=O)N(C)Cc1nccs1)C(C)C. The summed E-state index contributed by atoms with van der Waals surface area (Å²) in [4.78, 5) is 65.7. The normalized spacial score (nSPS) is 14.5. The number of hydrogen-bond acceptors (Lipinski definition) is 10. The minimum absolute atomic E-state index is 0.135. The van der Waals surface area contributed by atoms with Gasteiger partial charge in [0.1, 0.15) is 34.3 Å². The molecule has 6 amide bonds. The monoisotopic (exact) mass is 806 g/mol. The molecule has 6 atom stereocenters. The average molecular weight is 807 g/mol. The van der Waals surface area contributed by atoms with Crippen LogP contribution in [0.4, 0.5) is 9.59 Å². The largest absolute Gasteiger partial charge is 0.388 e. The summed E-state index contributed by atoms with van der Waals surface area (Å²) >= 11 is 2.83. The summed E-state index contributed by atoms with van der Waals surface area (Å²) in [5.74, 6) is -1.76. The highest BCUT2D eigenvalue weighted by Gasteiger charge is 2.38. The van der Waals surface area contributed by atoms with Crippen LogP contribution < -0.4 is 21.3 Å². The van der Waals surface area contributed by atoms with E-state index in [9.17, 15) is 29.4 Å². The lowest BCUT2D eigenvalue weighted by Crippen LogP contribution is -2.62. The van der Waals surface area contributed by atoms with E-state index >= 15 is 0 Å². The van der Waals surface area contributed by atoms with Gasteiger partial charge in [-0.15, -0.1) is 22.7 Å². The molecule has 0 aliphatic carbocycles. The second kappa shape index (κ2) is 21.4. The summed E-state index contributed by atoms with van der Waals surface area (Å²) in [6, 6.07) is 13.4. The molecule has 0 fully saturated rings. The van der Waals surface area contributed by atoms with E-state index in [2.05, 4.69) is 31.2 Å². The third-order valence-electron chi connectivity index (χ3n) is 9.29. The van der Waals surface area contributed by atoms with Crippen molar-refractivity contribution in [1.82, 2.24) is 41.0 Å². The number of nitrogens with zero attached hydrogens (tertiary/aromatic N) is 4. The predicted octanol–water partition coefficient (Wildman–Crippen LogP) is 3.81. The number of aliphatic hydroxyl groups is 2. The van der Waals surface area contributed by atoms with Gasteiger partial charge in [-0.05, 0) is 35.8 Å². The number of aliphatic hydroxyl groups excluding tert-OH is 2. The topological polar surface area (TPSA) is 189 Å². The van der Waals surface area contributed by atoms with Gasteiger partial charge in [0.15, 0.2) is 0 Å². The van der Waals surface area contributed by atoms with Gasteiger partial charge in [-0.2, -0.15) is 0 Å². The second-order valence-corrected chi connectivity index (χ2v) is 16.5. The highest BCUT2D eigenvalue weighted by molar-refractivity contribution is 7.09. The van der Waals surface area contributed by atoms with Crippen LogP contribution in [0.5, 0.6) is 0 Å². The van der Waals surface area contributed by atoms with Gasteiger partial charge in [0, 0.05) is 37.2 Å². The molecule has 16 heteroatoms. The zero-order valence-corrected chi connectivity index (χ0v) is 34.3. The molecule has 2 aromatic heterocycles. The van der Waals surface area contributed by atoms with Crippen molar-refractivity contribution in [3.8, 4) is 0 Å². The lowest BCUT2D eigenvalue weighted by Gasteiger charge is -2.35. The van der Waals surface area contributed by atoms with E-state index in [0.717, 1.165) is 21.1 Å². The van der Waals surface area contributed by atoms with Crippen molar-refractivity contribution in [2.24, 2.45) is 11.8 Å². The predicted molar refractivity (Wildman–Crippen MR) is 218 cm³/mol. The molecular weight excluding hydrogens is 753 g/mol. The lowest BCUT2D eigenvalue weighted by atomic mass is 9.90. The first-order valence-electron chi connectivity index (χ1n) is 18.6. The first-order chi connectivity index (χ1) is 26.7. The molecule has 302 valence electrons. The van der Waals surface area contributed by atoms with E-state index < -0.39 is 60.3 Å². The summed E-state index contributed by atoms with van der Waals surface area (Å²) < 4.78 is 0. The zero-order valence-electron chi connectivity index (χ0n) is 32.7. The highest BCUT2D eigenvalue weighted by atomic mass is 32.1. The quantitative estimate of drug-likeness (QED) is 0.0826. The summed E-state index contributed by atoms with van der Waals surface area (Å²) in [5.41, 5.74) is 1.57. The van der Waals surface area contributed by atoms with E-state index in [-0.39, 0.29) is 37.8 Å². The van der Waals surface area contributed by atoms with Gasteiger partial charge in [0.25, 0.3) is 0 Å². The Morgan fingerprint density at radius 2 is 0.964 bits per heavy atom. The smallest absolute Gasteiger partial charge is 0.318 e. The molecule has 0 saturated carbocycles. The maximum atomic E-state index is 14.0. The van der Waals surface area contributed by atoms with Gasteiger partial charge in [-0.25, -0.2) is 19.6 Å². The number of thiazole rings is 2. The molecule has 2 unspecified atom stereocenters. The Morgan fingerprint density at radius 1 is 0.607 bits per heavy atom.